The molecule has 0 saturated heterocycles. The van der Waals surface area contributed by atoms with Gasteiger partial charge in [-0.25, -0.2) is 0 Å². The molecule has 1 N–H and O–H groups in total. The average molecular weight is 354 g/mol. The van der Waals surface area contributed by atoms with Crippen LogP contribution in [-0.2, 0) is 9.59 Å². The van der Waals surface area contributed by atoms with E-state index in [4.69, 9.17) is 6.42 Å². The average Bonchev–Trinajstić information content (AvgIpc) is 2.94. The largest absolute Gasteiger partial charge is 0.393 e. The van der Waals surface area contributed by atoms with E-state index < -0.39 is 6.10 Å². The number of ketones is 2. The number of fused-ring (bicyclic) bond motifs is 5. The molecule has 1 unspecified atom stereocenters. The van der Waals surface area contributed by atoms with E-state index in [0.717, 1.165) is 32.1 Å². The maximum Gasteiger partial charge on any atom is 0.155 e. The minimum atomic E-state index is -0.438. The third-order valence-electron chi connectivity index (χ3n) is 8.54. The molecule has 0 aliphatic heterocycles. The van der Waals surface area contributed by atoms with Crippen LogP contribution in [0.1, 0.15) is 65.2 Å². The molecule has 4 aliphatic carbocycles. The molecule has 0 radical (unpaired) electrons. The molecule has 0 bridgehead atoms. The number of carbonyl (C=O) groups excluding carboxylic acids is 2. The maximum atomic E-state index is 12.4. The third kappa shape index (κ3) is 2.31. The van der Waals surface area contributed by atoms with E-state index in [9.17, 15) is 14.7 Å². The quantitative estimate of drug-likeness (QED) is 0.769. The van der Waals surface area contributed by atoms with Crippen molar-refractivity contribution in [3.63, 3.8) is 0 Å². The Bertz CT molecular complexity index is 713. The zero-order valence-electron chi connectivity index (χ0n) is 16.0. The molecule has 0 amide bonds. The number of aliphatic hydroxyl groups excluding tert-OH is 1. The highest BCUT2D eigenvalue weighted by molar-refractivity contribution is 5.91. The first-order valence-electron chi connectivity index (χ1n) is 10.2. The molecular formula is C23H30O3. The number of aliphatic hydroxyl groups is 1. The van der Waals surface area contributed by atoms with Crippen LogP contribution in [0.15, 0.2) is 11.6 Å². The van der Waals surface area contributed by atoms with Crippen molar-refractivity contribution in [1.29, 1.82) is 0 Å². The first-order chi connectivity index (χ1) is 12.3. The Labute approximate surface area is 156 Å². The lowest BCUT2D eigenvalue weighted by atomic mass is 9.45. The summed E-state index contributed by atoms with van der Waals surface area (Å²) in [5.74, 6) is 4.35. The van der Waals surface area contributed by atoms with Gasteiger partial charge in [0.1, 0.15) is 5.78 Å². The number of hydrogen-bond donors (Lipinski definition) is 1. The van der Waals surface area contributed by atoms with E-state index in [1.165, 1.54) is 5.57 Å². The fourth-order valence-electron chi connectivity index (χ4n) is 7.60. The second kappa shape index (κ2) is 6.06. The molecule has 3 nitrogen and oxygen atoms in total. The Morgan fingerprint density at radius 2 is 2.12 bits per heavy atom. The number of hydrogen-bond acceptors (Lipinski definition) is 3. The molecule has 0 aromatic rings. The van der Waals surface area contributed by atoms with Crippen LogP contribution >= 0.6 is 0 Å². The van der Waals surface area contributed by atoms with Crippen molar-refractivity contribution in [3.05, 3.63) is 11.6 Å². The van der Waals surface area contributed by atoms with Crippen molar-refractivity contribution < 1.29 is 14.7 Å². The lowest BCUT2D eigenvalue weighted by Gasteiger charge is -2.60. The van der Waals surface area contributed by atoms with Crippen molar-refractivity contribution in [3.8, 4) is 12.3 Å². The highest BCUT2D eigenvalue weighted by Crippen LogP contribution is 2.67. The highest BCUT2D eigenvalue weighted by atomic mass is 16.3. The molecule has 4 aliphatic rings. The third-order valence-corrected chi connectivity index (χ3v) is 8.54. The standard InChI is InChI=1S/C23H30O3/c1-4-10-23-13-20(26)21-17(19(23)8-7-18(23)14(2)24)6-5-15-12-16(25)9-11-22(15,21)3/h1,12,17-21,26H,5-11,13H2,2-3H3/t17-,18+,19-,20?,21+,22-,23+/m0/s1. The van der Waals surface area contributed by atoms with Gasteiger partial charge in [0.05, 0.1) is 6.10 Å². The second-order valence-electron chi connectivity index (χ2n) is 9.51. The Hall–Kier alpha value is -1.40. The molecule has 0 heterocycles. The fraction of sp³-hybridized carbons (Fsp3) is 0.739. The number of Topliss-reactive ketones (excluding diaryl/α,β-unsaturated/α-hetero) is 1. The molecule has 140 valence electrons. The van der Waals surface area contributed by atoms with Gasteiger partial charge in [-0.05, 0) is 80.1 Å². The van der Waals surface area contributed by atoms with Crippen LogP contribution in [0.4, 0.5) is 0 Å². The predicted molar refractivity (Wildman–Crippen MR) is 100 cm³/mol. The number of terminal acetylenes is 1. The van der Waals surface area contributed by atoms with E-state index in [2.05, 4.69) is 12.8 Å². The van der Waals surface area contributed by atoms with Crippen molar-refractivity contribution in [2.45, 2.75) is 71.3 Å². The Morgan fingerprint density at radius 3 is 2.81 bits per heavy atom. The van der Waals surface area contributed by atoms with Crippen molar-refractivity contribution >= 4 is 11.6 Å². The van der Waals surface area contributed by atoms with E-state index >= 15 is 0 Å². The van der Waals surface area contributed by atoms with Crippen LogP contribution in [0.3, 0.4) is 0 Å². The van der Waals surface area contributed by atoms with Gasteiger partial charge in [-0.15, -0.1) is 12.3 Å². The van der Waals surface area contributed by atoms with E-state index in [1.807, 2.05) is 6.08 Å². The summed E-state index contributed by atoms with van der Waals surface area (Å²) < 4.78 is 0. The van der Waals surface area contributed by atoms with Gasteiger partial charge in [-0.3, -0.25) is 9.59 Å². The lowest BCUT2D eigenvalue weighted by Crippen LogP contribution is -2.57. The molecule has 0 aromatic carbocycles. The molecule has 7 atom stereocenters. The molecule has 3 saturated carbocycles. The predicted octanol–water partition coefficient (Wildman–Crippen LogP) is 3.70. The number of carbonyl (C=O) groups is 2. The van der Waals surface area contributed by atoms with Gasteiger partial charge in [-0.2, -0.15) is 0 Å². The van der Waals surface area contributed by atoms with Crippen molar-refractivity contribution in [1.82, 2.24) is 0 Å². The zero-order valence-corrected chi connectivity index (χ0v) is 16.0. The zero-order chi connectivity index (χ0) is 18.7. The van der Waals surface area contributed by atoms with Gasteiger partial charge in [0.15, 0.2) is 5.78 Å². The maximum absolute atomic E-state index is 12.4. The van der Waals surface area contributed by atoms with Crippen LogP contribution in [0, 0.1) is 46.8 Å². The Morgan fingerprint density at radius 1 is 1.35 bits per heavy atom. The SMILES string of the molecule is C#CC[C@]12CC(O)[C@H]3[C@@H](CCC4=CC(=O)CC[C@@]43C)[C@@H]1CC[C@@H]2C(C)=O. The molecule has 3 heteroatoms. The van der Waals surface area contributed by atoms with Crippen molar-refractivity contribution in [2.24, 2.45) is 34.5 Å². The number of allylic oxidation sites excluding steroid dienone is 1. The van der Waals surface area contributed by atoms with Crippen LogP contribution < -0.4 is 0 Å². The monoisotopic (exact) mass is 354 g/mol. The summed E-state index contributed by atoms with van der Waals surface area (Å²) in [6.07, 6.45) is 13.8. The Balaban J connectivity index is 1.75. The van der Waals surface area contributed by atoms with Crippen LogP contribution in [0.2, 0.25) is 0 Å². The molecule has 0 aromatic heterocycles. The van der Waals surface area contributed by atoms with Gasteiger partial charge in [0, 0.05) is 18.8 Å². The molecule has 4 rings (SSSR count). The Kier molecular flexibility index (Phi) is 4.19. The van der Waals surface area contributed by atoms with Gasteiger partial charge < -0.3 is 5.11 Å². The van der Waals surface area contributed by atoms with Gasteiger partial charge >= 0.3 is 0 Å². The molecule has 26 heavy (non-hydrogen) atoms. The minimum absolute atomic E-state index is 0.00294. The smallest absolute Gasteiger partial charge is 0.155 e. The summed E-state index contributed by atoms with van der Waals surface area (Å²) in [7, 11) is 0. The molecule has 0 spiro atoms. The molecular weight excluding hydrogens is 324 g/mol. The van der Waals surface area contributed by atoms with Crippen molar-refractivity contribution in [2.75, 3.05) is 0 Å². The summed E-state index contributed by atoms with van der Waals surface area (Å²) in [6.45, 7) is 3.95. The topological polar surface area (TPSA) is 54.4 Å². The van der Waals surface area contributed by atoms with E-state index in [-0.39, 0.29) is 34.2 Å². The first-order valence-corrected chi connectivity index (χ1v) is 10.2. The van der Waals surface area contributed by atoms with Gasteiger partial charge in [0.25, 0.3) is 0 Å². The van der Waals surface area contributed by atoms with Gasteiger partial charge in [0.2, 0.25) is 0 Å². The summed E-state index contributed by atoms with van der Waals surface area (Å²) in [4.78, 5) is 24.3. The minimum Gasteiger partial charge on any atom is -0.393 e. The second-order valence-corrected chi connectivity index (χ2v) is 9.51. The summed E-state index contributed by atoms with van der Waals surface area (Å²) in [5.41, 5.74) is 0.954. The van der Waals surface area contributed by atoms with Crippen LogP contribution in [0.25, 0.3) is 0 Å². The summed E-state index contributed by atoms with van der Waals surface area (Å²) >= 11 is 0. The van der Waals surface area contributed by atoms with Crippen LogP contribution in [-0.4, -0.2) is 22.8 Å². The molecule has 3 fully saturated rings. The van der Waals surface area contributed by atoms with Gasteiger partial charge in [-0.1, -0.05) is 12.5 Å². The normalized spacial score (nSPS) is 47.2. The van der Waals surface area contributed by atoms with E-state index in [0.29, 0.717) is 31.1 Å². The highest BCUT2D eigenvalue weighted by Gasteiger charge is 2.63. The number of rotatable bonds is 2. The van der Waals surface area contributed by atoms with Crippen LogP contribution in [0.5, 0.6) is 0 Å². The fourth-order valence-corrected chi connectivity index (χ4v) is 7.60. The lowest BCUT2D eigenvalue weighted by molar-refractivity contribution is -0.146. The summed E-state index contributed by atoms with van der Waals surface area (Å²) in [6, 6.07) is 0. The first kappa shape index (κ1) is 18.0. The van der Waals surface area contributed by atoms with E-state index in [1.54, 1.807) is 6.92 Å². The summed E-state index contributed by atoms with van der Waals surface area (Å²) in [5, 5.41) is 11.3.